The highest BCUT2D eigenvalue weighted by Crippen LogP contribution is 2.26. The van der Waals surface area contributed by atoms with Gasteiger partial charge < -0.3 is 0 Å². The molecule has 0 N–H and O–H groups in total. The van der Waals surface area contributed by atoms with E-state index in [1.807, 2.05) is 4.57 Å². The molecule has 24 heavy (non-hydrogen) atoms. The van der Waals surface area contributed by atoms with Crippen LogP contribution >= 0.6 is 11.8 Å². The molecule has 122 valence electrons. The van der Waals surface area contributed by atoms with Gasteiger partial charge in [-0.15, -0.1) is 16.8 Å². The second-order valence-electron chi connectivity index (χ2n) is 5.05. The van der Waals surface area contributed by atoms with Gasteiger partial charge in [-0.3, -0.25) is 4.57 Å². The van der Waals surface area contributed by atoms with Crippen molar-refractivity contribution >= 4 is 11.8 Å². The second kappa shape index (κ2) is 8.85. The molecule has 0 saturated heterocycles. The van der Waals surface area contributed by atoms with Gasteiger partial charge in [0.25, 0.3) is 0 Å². The maximum atomic E-state index is 13.1. The van der Waals surface area contributed by atoms with Gasteiger partial charge in [-0.05, 0) is 30.7 Å². The number of nitrogens with zero attached hydrogens (tertiary/aromatic N) is 5. The number of allylic oxidation sites excluding steroid dienone is 1. The summed E-state index contributed by atoms with van der Waals surface area (Å²) in [5.41, 5.74) is 0.763. The van der Waals surface area contributed by atoms with Gasteiger partial charge >= 0.3 is 0 Å². The van der Waals surface area contributed by atoms with Crippen LogP contribution in [0.1, 0.15) is 12.8 Å². The first kappa shape index (κ1) is 17.7. The summed E-state index contributed by atoms with van der Waals surface area (Å²) in [7, 11) is 0. The van der Waals surface area contributed by atoms with Crippen molar-refractivity contribution in [1.29, 1.82) is 10.5 Å². The zero-order valence-corrected chi connectivity index (χ0v) is 13.8. The van der Waals surface area contributed by atoms with Crippen LogP contribution in [-0.2, 0) is 6.54 Å². The van der Waals surface area contributed by atoms with Crippen molar-refractivity contribution in [2.45, 2.75) is 24.5 Å². The summed E-state index contributed by atoms with van der Waals surface area (Å²) in [4.78, 5) is 0. The standard InChI is InChI=1S/C17H16FN5S/c1-2-10-23-16(14-5-7-15(18)8-6-14)21-22-17(23)24-12-13(11-20)4-3-9-19/h2,5-8,13H,1,3-4,10,12H2/t13-/m0/s1. The van der Waals surface area contributed by atoms with E-state index in [1.165, 1.54) is 23.9 Å². The Morgan fingerprint density at radius 1 is 1.29 bits per heavy atom. The summed E-state index contributed by atoms with van der Waals surface area (Å²) in [6.07, 6.45) is 2.64. The van der Waals surface area contributed by atoms with E-state index in [-0.39, 0.29) is 11.7 Å². The lowest BCUT2D eigenvalue weighted by molar-refractivity contribution is 0.628. The highest BCUT2D eigenvalue weighted by atomic mass is 32.2. The van der Waals surface area contributed by atoms with Gasteiger partial charge in [-0.25, -0.2) is 4.39 Å². The van der Waals surface area contributed by atoms with Crippen LogP contribution in [0, 0.1) is 34.4 Å². The molecule has 1 atom stereocenters. The highest BCUT2D eigenvalue weighted by molar-refractivity contribution is 7.99. The molecule has 0 fully saturated rings. The summed E-state index contributed by atoms with van der Waals surface area (Å²) >= 11 is 1.42. The second-order valence-corrected chi connectivity index (χ2v) is 6.03. The van der Waals surface area contributed by atoms with Crippen LogP contribution in [0.2, 0.25) is 0 Å². The lowest BCUT2D eigenvalue weighted by Crippen LogP contribution is -2.04. The fraction of sp³-hybridized carbons (Fsp3) is 0.294. The average molecular weight is 341 g/mol. The molecule has 0 spiro atoms. The Labute approximate surface area is 144 Å². The third-order valence-corrected chi connectivity index (χ3v) is 4.46. The summed E-state index contributed by atoms with van der Waals surface area (Å²) in [6, 6.07) is 10.3. The van der Waals surface area contributed by atoms with Crippen molar-refractivity contribution in [2.75, 3.05) is 5.75 Å². The van der Waals surface area contributed by atoms with Crippen molar-refractivity contribution in [3.05, 3.63) is 42.7 Å². The quantitative estimate of drug-likeness (QED) is 0.539. The number of hydrogen-bond acceptors (Lipinski definition) is 5. The van der Waals surface area contributed by atoms with Crippen molar-refractivity contribution in [2.24, 2.45) is 5.92 Å². The molecule has 5 nitrogen and oxygen atoms in total. The maximum Gasteiger partial charge on any atom is 0.191 e. The molecule has 7 heteroatoms. The Morgan fingerprint density at radius 3 is 2.67 bits per heavy atom. The van der Waals surface area contributed by atoms with Crippen LogP contribution in [0.5, 0.6) is 0 Å². The minimum atomic E-state index is -0.308. The monoisotopic (exact) mass is 341 g/mol. The van der Waals surface area contributed by atoms with Crippen molar-refractivity contribution < 1.29 is 4.39 Å². The van der Waals surface area contributed by atoms with E-state index >= 15 is 0 Å². The molecular weight excluding hydrogens is 325 g/mol. The average Bonchev–Trinajstić information content (AvgIpc) is 2.99. The molecule has 2 rings (SSSR count). The van der Waals surface area contributed by atoms with E-state index in [0.717, 1.165) is 5.56 Å². The molecule has 0 aliphatic carbocycles. The van der Waals surface area contributed by atoms with Crippen LogP contribution < -0.4 is 0 Å². The van der Waals surface area contributed by atoms with Gasteiger partial charge in [-0.1, -0.05) is 17.8 Å². The Hall–Kier alpha value is -2.64. The molecule has 0 saturated carbocycles. The van der Waals surface area contributed by atoms with Gasteiger partial charge in [0.1, 0.15) is 5.82 Å². The Balaban J connectivity index is 2.19. The van der Waals surface area contributed by atoms with Crippen molar-refractivity contribution in [3.63, 3.8) is 0 Å². The first-order valence-electron chi connectivity index (χ1n) is 7.39. The molecule has 0 unspecified atom stereocenters. The molecule has 0 amide bonds. The van der Waals surface area contributed by atoms with E-state index in [0.29, 0.717) is 36.1 Å². The summed E-state index contributed by atoms with van der Waals surface area (Å²) < 4.78 is 15.0. The maximum absolute atomic E-state index is 13.1. The minimum Gasteiger partial charge on any atom is -0.298 e. The number of aromatic nitrogens is 3. The number of halogens is 1. The predicted molar refractivity (Wildman–Crippen MR) is 90.3 cm³/mol. The smallest absolute Gasteiger partial charge is 0.191 e. The van der Waals surface area contributed by atoms with Crippen LogP contribution in [0.3, 0.4) is 0 Å². The van der Waals surface area contributed by atoms with Crippen LogP contribution in [-0.4, -0.2) is 20.5 Å². The molecule has 1 aromatic carbocycles. The lowest BCUT2D eigenvalue weighted by Gasteiger charge is -2.09. The molecule has 2 aromatic rings. The van der Waals surface area contributed by atoms with Gasteiger partial charge in [-0.2, -0.15) is 10.5 Å². The number of hydrogen-bond donors (Lipinski definition) is 0. The normalized spacial score (nSPS) is 11.5. The van der Waals surface area contributed by atoms with E-state index in [1.54, 1.807) is 18.2 Å². The minimum absolute atomic E-state index is 0.210. The van der Waals surface area contributed by atoms with E-state index in [9.17, 15) is 4.39 Å². The third kappa shape index (κ3) is 4.43. The summed E-state index contributed by atoms with van der Waals surface area (Å²) in [6.45, 7) is 4.25. The van der Waals surface area contributed by atoms with Gasteiger partial charge in [0.2, 0.25) is 0 Å². The Bertz CT molecular complexity index is 770. The highest BCUT2D eigenvalue weighted by Gasteiger charge is 2.16. The van der Waals surface area contributed by atoms with Crippen LogP contribution in [0.15, 0.2) is 42.1 Å². The van der Waals surface area contributed by atoms with Gasteiger partial charge in [0.15, 0.2) is 11.0 Å². The zero-order valence-electron chi connectivity index (χ0n) is 13.0. The Morgan fingerprint density at radius 2 is 2.04 bits per heavy atom. The predicted octanol–water partition coefficient (Wildman–Crippen LogP) is 3.81. The molecule has 0 aliphatic rings. The van der Waals surface area contributed by atoms with Crippen LogP contribution in [0.4, 0.5) is 4.39 Å². The fourth-order valence-corrected chi connectivity index (χ4v) is 3.11. The lowest BCUT2D eigenvalue weighted by atomic mass is 10.1. The number of benzene rings is 1. The SMILES string of the molecule is C=CCn1c(SC[C@H](C#N)CCC#N)nnc1-c1ccc(F)cc1. The molecule has 0 aliphatic heterocycles. The molecule has 0 bridgehead atoms. The zero-order chi connectivity index (χ0) is 17.4. The summed E-state index contributed by atoms with van der Waals surface area (Å²) in [5.74, 6) is 0.648. The van der Waals surface area contributed by atoms with E-state index < -0.39 is 0 Å². The summed E-state index contributed by atoms with van der Waals surface area (Å²) in [5, 5.41) is 26.8. The Kier molecular flexibility index (Phi) is 6.53. The first-order valence-corrected chi connectivity index (χ1v) is 8.37. The van der Waals surface area contributed by atoms with E-state index in [4.69, 9.17) is 10.5 Å². The molecule has 1 aromatic heterocycles. The largest absolute Gasteiger partial charge is 0.298 e. The van der Waals surface area contributed by atoms with Gasteiger partial charge in [0.05, 0.1) is 18.1 Å². The van der Waals surface area contributed by atoms with Crippen molar-refractivity contribution in [1.82, 2.24) is 14.8 Å². The number of rotatable bonds is 8. The first-order chi connectivity index (χ1) is 11.7. The number of thioether (sulfide) groups is 1. The molecule has 1 heterocycles. The van der Waals surface area contributed by atoms with Crippen molar-refractivity contribution in [3.8, 4) is 23.5 Å². The van der Waals surface area contributed by atoms with Gasteiger partial charge in [0, 0.05) is 24.3 Å². The third-order valence-electron chi connectivity index (χ3n) is 3.33. The molecule has 0 radical (unpaired) electrons. The number of nitriles is 2. The van der Waals surface area contributed by atoms with E-state index in [2.05, 4.69) is 28.9 Å². The van der Waals surface area contributed by atoms with Crippen LogP contribution in [0.25, 0.3) is 11.4 Å². The fourth-order valence-electron chi connectivity index (χ4n) is 2.10. The topological polar surface area (TPSA) is 78.3 Å². The molecular formula is C17H16FN5S.